The first-order valence-electron chi connectivity index (χ1n) is 10.6. The molecule has 4 rings (SSSR count). The molecule has 0 aliphatic carbocycles. The van der Waals surface area contributed by atoms with Gasteiger partial charge in [0.1, 0.15) is 0 Å². The van der Waals surface area contributed by atoms with Gasteiger partial charge in [0.25, 0.3) is 5.91 Å². The van der Waals surface area contributed by atoms with Crippen LogP contribution in [0, 0.1) is 0 Å². The van der Waals surface area contributed by atoms with E-state index in [0.29, 0.717) is 10.7 Å². The molecule has 0 saturated carbocycles. The molecule has 9 heteroatoms. The fourth-order valence-corrected chi connectivity index (χ4v) is 4.59. The highest BCUT2D eigenvalue weighted by molar-refractivity contribution is 7.22. The van der Waals surface area contributed by atoms with Gasteiger partial charge in [0.2, 0.25) is 0 Å². The highest BCUT2D eigenvalue weighted by atomic mass is 32.1. The molecular weight excluding hydrogens is 438 g/mol. The van der Waals surface area contributed by atoms with Gasteiger partial charge >= 0.3 is 5.97 Å². The molecule has 2 N–H and O–H groups in total. The Labute approximate surface area is 195 Å². The summed E-state index contributed by atoms with van der Waals surface area (Å²) in [6, 6.07) is 12.2. The largest absolute Gasteiger partial charge is 0.478 e. The second-order valence-corrected chi connectivity index (χ2v) is 9.08. The summed E-state index contributed by atoms with van der Waals surface area (Å²) in [5, 5.41) is 12.3. The number of aromatic carboxylic acids is 1. The smallest absolute Gasteiger partial charge is 0.335 e. The van der Waals surface area contributed by atoms with E-state index < -0.39 is 5.97 Å². The van der Waals surface area contributed by atoms with Crippen molar-refractivity contribution in [3.63, 3.8) is 0 Å². The molecule has 0 radical (unpaired) electrons. The molecule has 4 aromatic rings. The van der Waals surface area contributed by atoms with E-state index in [2.05, 4.69) is 51.0 Å². The van der Waals surface area contributed by atoms with Gasteiger partial charge in [-0.05, 0) is 75.4 Å². The summed E-state index contributed by atoms with van der Waals surface area (Å²) in [5.41, 5.74) is 2.50. The number of imidazole rings is 1. The third-order valence-corrected chi connectivity index (χ3v) is 6.31. The summed E-state index contributed by atoms with van der Waals surface area (Å²) in [4.78, 5) is 34.5. The molecule has 0 spiro atoms. The van der Waals surface area contributed by atoms with Crippen LogP contribution in [-0.4, -0.2) is 57.1 Å². The lowest BCUT2D eigenvalue weighted by atomic mass is 10.0. The molecule has 2 aromatic carbocycles. The molecule has 33 heavy (non-hydrogen) atoms. The molecule has 2 aromatic heterocycles. The van der Waals surface area contributed by atoms with Gasteiger partial charge < -0.3 is 14.6 Å². The maximum absolute atomic E-state index is 12.6. The minimum Gasteiger partial charge on any atom is -0.478 e. The Hall–Kier alpha value is -3.56. The van der Waals surface area contributed by atoms with Crippen molar-refractivity contribution in [1.82, 2.24) is 19.4 Å². The number of nitrogens with one attached hydrogen (secondary N) is 1. The van der Waals surface area contributed by atoms with E-state index in [1.54, 1.807) is 6.20 Å². The zero-order valence-corrected chi connectivity index (χ0v) is 19.2. The lowest BCUT2D eigenvalue weighted by molar-refractivity contribution is 0.0696. The average molecular weight is 464 g/mol. The first-order chi connectivity index (χ1) is 15.9. The van der Waals surface area contributed by atoms with Crippen molar-refractivity contribution in [1.29, 1.82) is 0 Å². The standard InChI is InChI=1S/C24H25N5O3S/c1-28(2)12-3-4-20(29-13-11-25-15-29)18-9-10-19-21(14-18)33-24(26-19)27-22(30)16-5-7-17(8-6-16)23(31)32/h5-11,13-15,20H,3-4,12H2,1-2H3,(H,31,32)(H,26,27,30). The Kier molecular flexibility index (Phi) is 6.81. The van der Waals surface area contributed by atoms with Gasteiger partial charge in [-0.25, -0.2) is 14.8 Å². The predicted molar refractivity (Wildman–Crippen MR) is 129 cm³/mol. The number of aromatic nitrogens is 3. The number of anilines is 1. The third-order valence-electron chi connectivity index (χ3n) is 5.38. The maximum atomic E-state index is 12.6. The highest BCUT2D eigenvalue weighted by Gasteiger charge is 2.16. The lowest BCUT2D eigenvalue weighted by Crippen LogP contribution is -2.16. The van der Waals surface area contributed by atoms with E-state index in [0.717, 1.165) is 29.6 Å². The van der Waals surface area contributed by atoms with E-state index in [4.69, 9.17) is 5.11 Å². The minimum absolute atomic E-state index is 0.136. The SMILES string of the molecule is CN(C)CCCC(c1ccc2nc(NC(=O)c3ccc(C(=O)O)cc3)sc2c1)n1ccnc1. The molecule has 1 amide bonds. The molecule has 0 aliphatic heterocycles. The van der Waals surface area contributed by atoms with Gasteiger partial charge in [-0.3, -0.25) is 10.1 Å². The number of carboxylic acids is 1. The van der Waals surface area contributed by atoms with E-state index in [9.17, 15) is 9.59 Å². The third kappa shape index (κ3) is 5.44. The fraction of sp³-hybridized carbons (Fsp3) is 0.250. The molecule has 0 fully saturated rings. The van der Waals surface area contributed by atoms with Crippen LogP contribution in [0.25, 0.3) is 10.2 Å². The summed E-state index contributed by atoms with van der Waals surface area (Å²) < 4.78 is 3.11. The molecule has 0 aliphatic rings. The summed E-state index contributed by atoms with van der Waals surface area (Å²) in [6.07, 6.45) is 7.66. The topological polar surface area (TPSA) is 100 Å². The Morgan fingerprint density at radius 2 is 1.91 bits per heavy atom. The number of benzene rings is 2. The summed E-state index contributed by atoms with van der Waals surface area (Å²) in [7, 11) is 4.15. The Balaban J connectivity index is 1.53. The number of carbonyl (C=O) groups excluding carboxylic acids is 1. The van der Waals surface area contributed by atoms with Crippen LogP contribution in [0.5, 0.6) is 0 Å². The first kappa shape index (κ1) is 22.6. The molecule has 0 saturated heterocycles. The van der Waals surface area contributed by atoms with Crippen LogP contribution in [-0.2, 0) is 0 Å². The molecule has 1 unspecified atom stereocenters. The molecule has 2 heterocycles. The Morgan fingerprint density at radius 3 is 2.58 bits per heavy atom. The molecule has 8 nitrogen and oxygen atoms in total. The van der Waals surface area contributed by atoms with Crippen molar-refractivity contribution in [3.8, 4) is 0 Å². The number of rotatable bonds is 9. The quantitative estimate of drug-likeness (QED) is 0.382. The van der Waals surface area contributed by atoms with E-state index in [-0.39, 0.29) is 17.5 Å². The maximum Gasteiger partial charge on any atom is 0.335 e. The zero-order valence-electron chi connectivity index (χ0n) is 18.4. The second kappa shape index (κ2) is 9.93. The predicted octanol–water partition coefficient (Wildman–Crippen LogP) is 4.37. The van der Waals surface area contributed by atoms with E-state index >= 15 is 0 Å². The number of carbonyl (C=O) groups is 2. The minimum atomic E-state index is -1.03. The van der Waals surface area contributed by atoms with Crippen molar-refractivity contribution in [2.75, 3.05) is 26.0 Å². The molecule has 0 bridgehead atoms. The monoisotopic (exact) mass is 463 g/mol. The number of carboxylic acid groups (broad SMARTS) is 1. The van der Waals surface area contributed by atoms with Crippen LogP contribution >= 0.6 is 11.3 Å². The number of amides is 1. The number of fused-ring (bicyclic) bond motifs is 1. The van der Waals surface area contributed by atoms with Crippen molar-refractivity contribution in [2.45, 2.75) is 18.9 Å². The van der Waals surface area contributed by atoms with Gasteiger partial charge in [0.15, 0.2) is 5.13 Å². The number of thiazole rings is 1. The summed E-state index contributed by atoms with van der Waals surface area (Å²) >= 11 is 1.42. The Morgan fingerprint density at radius 1 is 1.15 bits per heavy atom. The highest BCUT2D eigenvalue weighted by Crippen LogP contribution is 2.31. The van der Waals surface area contributed by atoms with Gasteiger partial charge in [0.05, 0.1) is 28.1 Å². The number of nitrogens with zero attached hydrogens (tertiary/aromatic N) is 4. The van der Waals surface area contributed by atoms with Crippen molar-refractivity contribution in [2.24, 2.45) is 0 Å². The Bertz CT molecular complexity index is 1250. The normalized spacial score (nSPS) is 12.2. The lowest BCUT2D eigenvalue weighted by Gasteiger charge is -2.20. The van der Waals surface area contributed by atoms with Crippen LogP contribution < -0.4 is 5.32 Å². The number of hydrogen-bond donors (Lipinski definition) is 2. The van der Waals surface area contributed by atoms with Crippen LogP contribution in [0.3, 0.4) is 0 Å². The average Bonchev–Trinajstić information content (AvgIpc) is 3.45. The van der Waals surface area contributed by atoms with Crippen LogP contribution in [0.1, 0.15) is 45.2 Å². The molecule has 1 atom stereocenters. The zero-order chi connectivity index (χ0) is 23.4. The van der Waals surface area contributed by atoms with E-state index in [1.165, 1.54) is 41.2 Å². The summed E-state index contributed by atoms with van der Waals surface area (Å²) in [6.45, 7) is 1.01. The molecular formula is C24H25N5O3S. The first-order valence-corrected chi connectivity index (χ1v) is 11.4. The van der Waals surface area contributed by atoms with Crippen LogP contribution in [0.2, 0.25) is 0 Å². The second-order valence-electron chi connectivity index (χ2n) is 8.05. The van der Waals surface area contributed by atoms with Gasteiger partial charge in [-0.2, -0.15) is 0 Å². The van der Waals surface area contributed by atoms with Crippen molar-refractivity contribution >= 4 is 38.6 Å². The molecule has 170 valence electrons. The van der Waals surface area contributed by atoms with Crippen LogP contribution in [0.15, 0.2) is 61.2 Å². The van der Waals surface area contributed by atoms with Gasteiger partial charge in [-0.15, -0.1) is 0 Å². The van der Waals surface area contributed by atoms with Gasteiger partial charge in [-0.1, -0.05) is 17.4 Å². The van der Waals surface area contributed by atoms with Gasteiger partial charge in [0, 0.05) is 18.0 Å². The van der Waals surface area contributed by atoms with E-state index in [1.807, 2.05) is 18.6 Å². The summed E-state index contributed by atoms with van der Waals surface area (Å²) in [5.74, 6) is -1.36. The fourth-order valence-electron chi connectivity index (χ4n) is 3.68. The van der Waals surface area contributed by atoms with Crippen LogP contribution in [0.4, 0.5) is 5.13 Å². The number of hydrogen-bond acceptors (Lipinski definition) is 6. The van der Waals surface area contributed by atoms with Crippen molar-refractivity contribution < 1.29 is 14.7 Å². The van der Waals surface area contributed by atoms with Crippen molar-refractivity contribution in [3.05, 3.63) is 77.9 Å².